The van der Waals surface area contributed by atoms with Crippen molar-refractivity contribution in [3.05, 3.63) is 35.4 Å². The highest BCUT2D eigenvalue weighted by molar-refractivity contribution is 5.75. The van der Waals surface area contributed by atoms with Crippen LogP contribution in [0.4, 0.5) is 13.2 Å². The molecule has 0 aliphatic carbocycles. The summed E-state index contributed by atoms with van der Waals surface area (Å²) in [6, 6.07) is 5.09. The maximum absolute atomic E-state index is 12.3. The number of carbonyl (C=O) groups excluding carboxylic acids is 1. The number of hydrogen-bond acceptors (Lipinski definition) is 2. The highest BCUT2D eigenvalue weighted by atomic mass is 19.4. The zero-order valence-corrected chi connectivity index (χ0v) is 9.76. The minimum Gasteiger partial charge on any atom is -0.369 e. The Hall–Kier alpha value is -1.56. The molecule has 0 unspecified atom stereocenters. The van der Waals surface area contributed by atoms with Crippen molar-refractivity contribution in [1.82, 2.24) is 5.32 Å². The summed E-state index contributed by atoms with van der Waals surface area (Å²) in [6.45, 7) is 0.719. The molecule has 0 radical (unpaired) electrons. The normalized spacial score (nSPS) is 11.5. The number of hydrogen-bond donors (Lipinski definition) is 2. The van der Waals surface area contributed by atoms with Gasteiger partial charge < -0.3 is 11.1 Å². The van der Waals surface area contributed by atoms with Gasteiger partial charge in [0.05, 0.1) is 12.1 Å². The molecule has 100 valence electrons. The van der Waals surface area contributed by atoms with Crippen LogP contribution in [-0.4, -0.2) is 19.0 Å². The standard InChI is InChI=1S/C12H15F3N2O/c13-12(14,15)10-5-3-9(4-6-10)2-1-7-17-8-11(16)18/h3-6,17H,1-2,7-8H2,(H2,16,18). The number of rotatable bonds is 6. The molecule has 0 atom stereocenters. The third-order valence-electron chi connectivity index (χ3n) is 2.40. The number of primary amides is 1. The van der Waals surface area contributed by atoms with Gasteiger partial charge >= 0.3 is 6.18 Å². The zero-order valence-electron chi connectivity index (χ0n) is 9.76. The van der Waals surface area contributed by atoms with Gasteiger partial charge in [0.1, 0.15) is 0 Å². The van der Waals surface area contributed by atoms with E-state index in [4.69, 9.17) is 5.73 Å². The third kappa shape index (κ3) is 5.18. The van der Waals surface area contributed by atoms with Crippen molar-refractivity contribution in [2.45, 2.75) is 19.0 Å². The van der Waals surface area contributed by atoms with Gasteiger partial charge in [0.25, 0.3) is 0 Å². The molecule has 1 amide bonds. The molecule has 0 fully saturated rings. The van der Waals surface area contributed by atoms with Crippen molar-refractivity contribution in [1.29, 1.82) is 0 Å². The maximum Gasteiger partial charge on any atom is 0.416 e. The number of amides is 1. The molecule has 3 nitrogen and oxygen atoms in total. The van der Waals surface area contributed by atoms with Crippen molar-refractivity contribution in [2.24, 2.45) is 5.73 Å². The van der Waals surface area contributed by atoms with Crippen molar-refractivity contribution < 1.29 is 18.0 Å². The molecule has 1 aromatic carbocycles. The minimum absolute atomic E-state index is 0.118. The first-order chi connectivity index (χ1) is 8.39. The highest BCUT2D eigenvalue weighted by Gasteiger charge is 2.29. The third-order valence-corrected chi connectivity index (χ3v) is 2.40. The summed E-state index contributed by atoms with van der Waals surface area (Å²) in [6.07, 6.45) is -2.90. The number of halogens is 3. The lowest BCUT2D eigenvalue weighted by molar-refractivity contribution is -0.137. The van der Waals surface area contributed by atoms with E-state index in [9.17, 15) is 18.0 Å². The Morgan fingerprint density at radius 3 is 2.33 bits per heavy atom. The fourth-order valence-corrected chi connectivity index (χ4v) is 1.49. The Morgan fingerprint density at radius 2 is 1.83 bits per heavy atom. The molecule has 18 heavy (non-hydrogen) atoms. The molecule has 0 saturated heterocycles. The van der Waals surface area contributed by atoms with Crippen molar-refractivity contribution in [3.8, 4) is 0 Å². The number of nitrogens with two attached hydrogens (primary N) is 1. The van der Waals surface area contributed by atoms with Gasteiger partial charge in [-0.1, -0.05) is 12.1 Å². The van der Waals surface area contributed by atoms with Gasteiger partial charge in [-0.3, -0.25) is 4.79 Å². The van der Waals surface area contributed by atoms with E-state index in [0.717, 1.165) is 24.1 Å². The first-order valence-electron chi connectivity index (χ1n) is 5.55. The van der Waals surface area contributed by atoms with Crippen LogP contribution in [0.2, 0.25) is 0 Å². The Balaban J connectivity index is 2.33. The van der Waals surface area contributed by atoms with Crippen molar-refractivity contribution in [2.75, 3.05) is 13.1 Å². The van der Waals surface area contributed by atoms with Gasteiger partial charge in [-0.05, 0) is 37.1 Å². The highest BCUT2D eigenvalue weighted by Crippen LogP contribution is 2.29. The van der Waals surface area contributed by atoms with Crippen LogP contribution in [-0.2, 0) is 17.4 Å². The van der Waals surface area contributed by atoms with Crippen LogP contribution < -0.4 is 11.1 Å². The predicted octanol–water partition coefficient (Wildman–Crippen LogP) is 1.71. The fourth-order valence-electron chi connectivity index (χ4n) is 1.49. The quantitative estimate of drug-likeness (QED) is 0.765. The van der Waals surface area contributed by atoms with Crippen LogP contribution in [0.5, 0.6) is 0 Å². The monoisotopic (exact) mass is 260 g/mol. The molecule has 0 spiro atoms. The van der Waals surface area contributed by atoms with E-state index in [0.29, 0.717) is 13.0 Å². The van der Waals surface area contributed by atoms with Gasteiger partial charge in [-0.25, -0.2) is 0 Å². The molecule has 0 aromatic heterocycles. The lowest BCUT2D eigenvalue weighted by atomic mass is 10.1. The van der Waals surface area contributed by atoms with Gasteiger partial charge in [0.2, 0.25) is 5.91 Å². The predicted molar refractivity (Wildman–Crippen MR) is 61.8 cm³/mol. The Kier molecular flexibility index (Phi) is 5.15. The number of aryl methyl sites for hydroxylation is 1. The van der Waals surface area contributed by atoms with E-state index in [1.165, 1.54) is 12.1 Å². The van der Waals surface area contributed by atoms with Gasteiger partial charge in [0, 0.05) is 0 Å². The number of benzene rings is 1. The summed E-state index contributed by atoms with van der Waals surface area (Å²) in [5.74, 6) is -0.426. The van der Waals surface area contributed by atoms with Gasteiger partial charge in [-0.15, -0.1) is 0 Å². The number of nitrogens with one attached hydrogen (secondary N) is 1. The molecular weight excluding hydrogens is 245 g/mol. The topological polar surface area (TPSA) is 55.1 Å². The fraction of sp³-hybridized carbons (Fsp3) is 0.417. The lowest BCUT2D eigenvalue weighted by Gasteiger charge is -2.07. The van der Waals surface area contributed by atoms with E-state index in [-0.39, 0.29) is 6.54 Å². The average molecular weight is 260 g/mol. The summed E-state index contributed by atoms with van der Waals surface area (Å²) in [5, 5.41) is 2.84. The summed E-state index contributed by atoms with van der Waals surface area (Å²) in [4.78, 5) is 10.4. The summed E-state index contributed by atoms with van der Waals surface area (Å²) < 4.78 is 36.9. The SMILES string of the molecule is NC(=O)CNCCCc1ccc(C(F)(F)F)cc1. The molecule has 1 aromatic rings. The van der Waals surface area contributed by atoms with Crippen LogP contribution in [0.15, 0.2) is 24.3 Å². The molecule has 0 aliphatic rings. The molecule has 1 rings (SSSR count). The van der Waals surface area contributed by atoms with Gasteiger partial charge in [0.15, 0.2) is 0 Å². The number of carbonyl (C=O) groups is 1. The average Bonchev–Trinajstić information content (AvgIpc) is 2.27. The maximum atomic E-state index is 12.3. The van der Waals surface area contributed by atoms with E-state index < -0.39 is 17.6 Å². The molecule has 0 aliphatic heterocycles. The zero-order chi connectivity index (χ0) is 13.6. The first kappa shape index (κ1) is 14.5. The Bertz CT molecular complexity index is 387. The molecule has 0 heterocycles. The van der Waals surface area contributed by atoms with Crippen molar-refractivity contribution in [3.63, 3.8) is 0 Å². The Morgan fingerprint density at radius 1 is 1.22 bits per heavy atom. The van der Waals surface area contributed by atoms with Crippen molar-refractivity contribution >= 4 is 5.91 Å². The molecular formula is C12H15F3N2O. The minimum atomic E-state index is -4.29. The van der Waals surface area contributed by atoms with E-state index in [2.05, 4.69) is 5.32 Å². The molecule has 0 bridgehead atoms. The molecule has 6 heteroatoms. The second-order valence-corrected chi connectivity index (χ2v) is 3.94. The summed E-state index contributed by atoms with van der Waals surface area (Å²) in [5.41, 5.74) is 5.13. The van der Waals surface area contributed by atoms with E-state index in [1.54, 1.807) is 0 Å². The lowest BCUT2D eigenvalue weighted by Crippen LogP contribution is -2.29. The second-order valence-electron chi connectivity index (χ2n) is 3.94. The Labute approximate surface area is 103 Å². The van der Waals surface area contributed by atoms with E-state index >= 15 is 0 Å². The number of alkyl halides is 3. The largest absolute Gasteiger partial charge is 0.416 e. The van der Waals surface area contributed by atoms with Crippen LogP contribution in [0, 0.1) is 0 Å². The van der Waals surface area contributed by atoms with Crippen LogP contribution in [0.25, 0.3) is 0 Å². The van der Waals surface area contributed by atoms with E-state index in [1.807, 2.05) is 0 Å². The second kappa shape index (κ2) is 6.39. The van der Waals surface area contributed by atoms with Crippen LogP contribution >= 0.6 is 0 Å². The van der Waals surface area contributed by atoms with Gasteiger partial charge in [-0.2, -0.15) is 13.2 Å². The first-order valence-corrected chi connectivity index (χ1v) is 5.55. The van der Waals surface area contributed by atoms with Crippen LogP contribution in [0.3, 0.4) is 0 Å². The summed E-state index contributed by atoms with van der Waals surface area (Å²) in [7, 11) is 0. The summed E-state index contributed by atoms with van der Waals surface area (Å²) >= 11 is 0. The molecule has 0 saturated carbocycles. The van der Waals surface area contributed by atoms with Crippen LogP contribution in [0.1, 0.15) is 17.5 Å². The smallest absolute Gasteiger partial charge is 0.369 e. The molecule has 3 N–H and O–H groups in total.